The lowest BCUT2D eigenvalue weighted by atomic mass is 10.3. The summed E-state index contributed by atoms with van der Waals surface area (Å²) in [5.41, 5.74) is 0.943. The molecule has 0 atom stereocenters. The SMILES string of the molecule is Cc1nc(CCNc2ncc(Br)cc2[N+](=O)[O-])cs1. The highest BCUT2D eigenvalue weighted by Crippen LogP contribution is 2.25. The zero-order valence-corrected chi connectivity index (χ0v) is 12.5. The van der Waals surface area contributed by atoms with Crippen LogP contribution in [-0.4, -0.2) is 21.4 Å². The van der Waals surface area contributed by atoms with Gasteiger partial charge in [0.1, 0.15) is 0 Å². The molecule has 0 aliphatic heterocycles. The number of halogens is 1. The summed E-state index contributed by atoms with van der Waals surface area (Å²) in [5.74, 6) is 0.278. The number of aromatic nitrogens is 2. The predicted octanol–water partition coefficient (Wildman–Crippen LogP) is 3.17. The summed E-state index contributed by atoms with van der Waals surface area (Å²) in [6, 6.07) is 1.43. The number of hydrogen-bond acceptors (Lipinski definition) is 6. The van der Waals surface area contributed by atoms with Crippen molar-refractivity contribution in [2.24, 2.45) is 0 Å². The number of nitrogens with zero attached hydrogens (tertiary/aromatic N) is 3. The van der Waals surface area contributed by atoms with E-state index in [1.54, 1.807) is 11.3 Å². The van der Waals surface area contributed by atoms with Gasteiger partial charge in [0, 0.05) is 35.1 Å². The van der Waals surface area contributed by atoms with Crippen molar-refractivity contribution in [1.29, 1.82) is 0 Å². The van der Waals surface area contributed by atoms with Gasteiger partial charge in [0.15, 0.2) is 0 Å². The first kappa shape index (κ1) is 13.9. The fourth-order valence-corrected chi connectivity index (χ4v) is 2.50. The van der Waals surface area contributed by atoms with E-state index in [0.29, 0.717) is 17.4 Å². The molecule has 0 aliphatic carbocycles. The summed E-state index contributed by atoms with van der Waals surface area (Å²) >= 11 is 4.76. The number of rotatable bonds is 5. The lowest BCUT2D eigenvalue weighted by molar-refractivity contribution is -0.384. The lowest BCUT2D eigenvalue weighted by Gasteiger charge is -2.05. The van der Waals surface area contributed by atoms with Crippen LogP contribution < -0.4 is 5.32 Å². The van der Waals surface area contributed by atoms with E-state index < -0.39 is 4.92 Å². The summed E-state index contributed by atoms with van der Waals surface area (Å²) in [4.78, 5) is 18.8. The summed E-state index contributed by atoms with van der Waals surface area (Å²) in [5, 5.41) is 16.9. The first-order chi connectivity index (χ1) is 9.06. The summed E-state index contributed by atoms with van der Waals surface area (Å²) in [6.45, 7) is 2.50. The number of thiazole rings is 1. The molecule has 19 heavy (non-hydrogen) atoms. The Kier molecular flexibility index (Phi) is 4.43. The van der Waals surface area contributed by atoms with Crippen molar-refractivity contribution in [2.45, 2.75) is 13.3 Å². The predicted molar refractivity (Wildman–Crippen MR) is 77.6 cm³/mol. The quantitative estimate of drug-likeness (QED) is 0.666. The molecule has 0 fully saturated rings. The Labute approximate surface area is 122 Å². The summed E-state index contributed by atoms with van der Waals surface area (Å²) < 4.78 is 0.583. The topological polar surface area (TPSA) is 81.0 Å². The van der Waals surface area contributed by atoms with Crippen LogP contribution in [0.5, 0.6) is 0 Å². The Morgan fingerprint density at radius 1 is 1.58 bits per heavy atom. The van der Waals surface area contributed by atoms with Gasteiger partial charge in [-0.3, -0.25) is 10.1 Å². The van der Waals surface area contributed by atoms with Gasteiger partial charge in [-0.1, -0.05) is 0 Å². The molecule has 0 saturated carbocycles. The van der Waals surface area contributed by atoms with Gasteiger partial charge in [0.05, 0.1) is 15.6 Å². The van der Waals surface area contributed by atoms with Crippen LogP contribution in [0.2, 0.25) is 0 Å². The van der Waals surface area contributed by atoms with Crippen molar-refractivity contribution in [1.82, 2.24) is 9.97 Å². The second-order valence-corrected chi connectivity index (χ2v) is 5.79. The van der Waals surface area contributed by atoms with Crippen LogP contribution in [0.25, 0.3) is 0 Å². The number of pyridine rings is 1. The second-order valence-electron chi connectivity index (χ2n) is 3.81. The molecule has 2 aromatic rings. The highest BCUT2D eigenvalue weighted by Gasteiger charge is 2.15. The molecule has 0 aliphatic rings. The molecule has 2 heterocycles. The Morgan fingerprint density at radius 3 is 3.00 bits per heavy atom. The van der Waals surface area contributed by atoms with Crippen molar-refractivity contribution >= 4 is 38.8 Å². The Balaban J connectivity index is 2.01. The standard InChI is InChI=1S/C11H11BrN4O2S/c1-7-15-9(6-19-7)2-3-13-11-10(16(17)18)4-8(12)5-14-11/h4-6H,2-3H2,1H3,(H,13,14). The van der Waals surface area contributed by atoms with E-state index in [1.165, 1.54) is 12.3 Å². The first-order valence-corrected chi connectivity index (χ1v) is 7.18. The van der Waals surface area contributed by atoms with Gasteiger partial charge in [0.25, 0.3) is 0 Å². The van der Waals surface area contributed by atoms with Crippen LogP contribution >= 0.6 is 27.3 Å². The molecule has 8 heteroatoms. The van der Waals surface area contributed by atoms with E-state index in [4.69, 9.17) is 0 Å². The molecule has 0 aromatic carbocycles. The maximum atomic E-state index is 10.9. The second kappa shape index (κ2) is 6.07. The average Bonchev–Trinajstić information content (AvgIpc) is 2.77. The van der Waals surface area contributed by atoms with Gasteiger partial charge in [-0.2, -0.15) is 0 Å². The molecule has 0 saturated heterocycles. The van der Waals surface area contributed by atoms with Crippen LogP contribution in [0.1, 0.15) is 10.7 Å². The van der Waals surface area contributed by atoms with E-state index in [1.807, 2.05) is 12.3 Å². The molecule has 2 rings (SSSR count). The lowest BCUT2D eigenvalue weighted by Crippen LogP contribution is -2.08. The van der Waals surface area contributed by atoms with Gasteiger partial charge in [0.2, 0.25) is 5.82 Å². The number of hydrogen-bond donors (Lipinski definition) is 1. The number of nitrogens with one attached hydrogen (secondary N) is 1. The minimum absolute atomic E-state index is 0.0381. The van der Waals surface area contributed by atoms with Crippen LogP contribution in [0.3, 0.4) is 0 Å². The maximum Gasteiger partial charge on any atom is 0.312 e. The number of anilines is 1. The molecular weight excluding hydrogens is 332 g/mol. The largest absolute Gasteiger partial charge is 0.364 e. The van der Waals surface area contributed by atoms with Crippen LogP contribution in [-0.2, 0) is 6.42 Å². The van der Waals surface area contributed by atoms with E-state index in [2.05, 4.69) is 31.2 Å². The van der Waals surface area contributed by atoms with Gasteiger partial charge >= 0.3 is 5.69 Å². The third-order valence-corrected chi connectivity index (χ3v) is 3.63. The fourth-order valence-electron chi connectivity index (χ4n) is 1.54. The van der Waals surface area contributed by atoms with Crippen LogP contribution in [0.15, 0.2) is 22.1 Å². The summed E-state index contributed by atoms with van der Waals surface area (Å²) in [6.07, 6.45) is 2.24. The maximum absolute atomic E-state index is 10.9. The summed E-state index contributed by atoms with van der Waals surface area (Å²) in [7, 11) is 0. The van der Waals surface area contributed by atoms with Crippen molar-refractivity contribution in [3.63, 3.8) is 0 Å². The zero-order valence-electron chi connectivity index (χ0n) is 10.1. The van der Waals surface area contributed by atoms with Crippen LogP contribution in [0.4, 0.5) is 11.5 Å². The molecule has 1 N–H and O–H groups in total. The number of nitro groups is 1. The molecule has 0 unspecified atom stereocenters. The van der Waals surface area contributed by atoms with Gasteiger partial charge in [-0.05, 0) is 22.9 Å². The highest BCUT2D eigenvalue weighted by molar-refractivity contribution is 9.10. The van der Waals surface area contributed by atoms with Crippen molar-refractivity contribution in [2.75, 3.05) is 11.9 Å². The molecule has 0 spiro atoms. The molecule has 2 aromatic heterocycles. The van der Waals surface area contributed by atoms with Crippen molar-refractivity contribution < 1.29 is 4.92 Å². The van der Waals surface area contributed by atoms with Crippen molar-refractivity contribution in [3.8, 4) is 0 Å². The van der Waals surface area contributed by atoms with E-state index >= 15 is 0 Å². The molecule has 6 nitrogen and oxygen atoms in total. The molecule has 0 amide bonds. The van der Waals surface area contributed by atoms with Crippen LogP contribution in [0, 0.1) is 17.0 Å². The van der Waals surface area contributed by atoms with E-state index in [-0.39, 0.29) is 11.5 Å². The van der Waals surface area contributed by atoms with E-state index in [9.17, 15) is 10.1 Å². The van der Waals surface area contributed by atoms with Gasteiger partial charge in [-0.25, -0.2) is 9.97 Å². The van der Waals surface area contributed by atoms with Gasteiger partial charge in [-0.15, -0.1) is 11.3 Å². The Hall–Kier alpha value is -1.54. The third kappa shape index (κ3) is 3.71. The molecule has 0 radical (unpaired) electrons. The van der Waals surface area contributed by atoms with E-state index in [0.717, 1.165) is 10.7 Å². The molecule has 100 valence electrons. The normalized spacial score (nSPS) is 10.4. The Morgan fingerprint density at radius 2 is 2.37 bits per heavy atom. The van der Waals surface area contributed by atoms with Crippen molar-refractivity contribution in [3.05, 3.63) is 42.9 Å². The highest BCUT2D eigenvalue weighted by atomic mass is 79.9. The molecular formula is C11H11BrN4O2S. The smallest absolute Gasteiger partial charge is 0.312 e. The van der Waals surface area contributed by atoms with Gasteiger partial charge < -0.3 is 5.32 Å². The number of aryl methyl sites for hydroxylation is 1. The first-order valence-electron chi connectivity index (χ1n) is 5.51. The Bertz CT molecular complexity index is 602. The fraction of sp³-hybridized carbons (Fsp3) is 0.273. The average molecular weight is 343 g/mol. The third-order valence-electron chi connectivity index (χ3n) is 2.37. The molecule has 0 bridgehead atoms. The zero-order chi connectivity index (χ0) is 13.8. The minimum atomic E-state index is -0.451. The monoisotopic (exact) mass is 342 g/mol. The minimum Gasteiger partial charge on any atom is -0.364 e.